The molecule has 0 aromatic heterocycles. The molecule has 0 spiro atoms. The van der Waals surface area contributed by atoms with E-state index in [1.807, 2.05) is 13.8 Å². The number of nitrogens with zero attached hydrogens (tertiary/aromatic N) is 2. The number of aliphatic carboxylic acids is 2. The Balaban J connectivity index is 2.48. The first-order valence-corrected chi connectivity index (χ1v) is 10.1. The average Bonchev–Trinajstić information content (AvgIpc) is 2.74. The number of rotatable bonds is 12. The molecule has 0 aliphatic carbocycles. The van der Waals surface area contributed by atoms with Gasteiger partial charge in [0.05, 0.1) is 13.1 Å². The smallest absolute Gasteiger partial charge is 0.317 e. The molecule has 0 aliphatic rings. The van der Waals surface area contributed by atoms with Crippen LogP contribution in [0.1, 0.15) is 40.9 Å². The van der Waals surface area contributed by atoms with Gasteiger partial charge in [-0.2, -0.15) is 0 Å². The Bertz CT molecular complexity index is 882. The third kappa shape index (κ3) is 6.91. The Morgan fingerprint density at radius 1 is 0.774 bits per heavy atom. The number of aromatic hydroxyl groups is 1. The molecule has 2 aromatic rings. The maximum Gasteiger partial charge on any atom is 0.317 e. The van der Waals surface area contributed by atoms with Crippen molar-refractivity contribution in [2.24, 2.45) is 0 Å². The highest BCUT2D eigenvalue weighted by atomic mass is 16.4. The molecule has 8 nitrogen and oxygen atoms in total. The number of carboxylic acid groups (broad SMARTS) is 2. The van der Waals surface area contributed by atoms with Gasteiger partial charge < -0.3 is 15.3 Å². The second-order valence-electron chi connectivity index (χ2n) is 7.23. The van der Waals surface area contributed by atoms with E-state index < -0.39 is 11.9 Å². The zero-order chi connectivity index (χ0) is 23.0. The molecule has 166 valence electrons. The van der Waals surface area contributed by atoms with Crippen molar-refractivity contribution in [3.8, 4) is 5.75 Å². The van der Waals surface area contributed by atoms with Gasteiger partial charge in [0.15, 0.2) is 5.78 Å². The molecule has 0 aliphatic heterocycles. The summed E-state index contributed by atoms with van der Waals surface area (Å²) in [4.78, 5) is 38.6. The fraction of sp³-hybridized carbons (Fsp3) is 0.348. The molecule has 0 amide bonds. The molecule has 0 fully saturated rings. The van der Waals surface area contributed by atoms with E-state index in [1.54, 1.807) is 52.3 Å². The highest BCUT2D eigenvalue weighted by Gasteiger charge is 2.20. The number of carbonyl (C=O) groups excluding carboxylic acids is 1. The summed E-state index contributed by atoms with van der Waals surface area (Å²) in [5.74, 6) is -2.27. The Hall–Kier alpha value is -3.23. The zero-order valence-corrected chi connectivity index (χ0v) is 17.7. The predicted octanol–water partition coefficient (Wildman–Crippen LogP) is 2.44. The summed E-state index contributed by atoms with van der Waals surface area (Å²) in [6.07, 6.45) is 0. The van der Waals surface area contributed by atoms with Crippen LogP contribution in [0.5, 0.6) is 5.75 Å². The number of hydrogen-bond donors (Lipinski definition) is 3. The first-order valence-electron chi connectivity index (χ1n) is 10.1. The minimum Gasteiger partial charge on any atom is -0.507 e. The SMILES string of the molecule is CCN(CC(=O)O)Cc1cc(C(=O)c2ccccc2)cc(CN(CC)CC(=O)O)c1O. The van der Waals surface area contributed by atoms with E-state index >= 15 is 0 Å². The van der Waals surface area contributed by atoms with E-state index in [1.165, 1.54) is 0 Å². The van der Waals surface area contributed by atoms with Gasteiger partial charge in [0.1, 0.15) is 5.75 Å². The van der Waals surface area contributed by atoms with Gasteiger partial charge in [-0.3, -0.25) is 24.2 Å². The van der Waals surface area contributed by atoms with Crippen molar-refractivity contribution in [2.75, 3.05) is 26.2 Å². The molecule has 0 saturated heterocycles. The number of hydrogen-bond acceptors (Lipinski definition) is 6. The van der Waals surface area contributed by atoms with Gasteiger partial charge in [-0.05, 0) is 25.2 Å². The lowest BCUT2D eigenvalue weighted by Crippen LogP contribution is -2.30. The maximum absolute atomic E-state index is 13.0. The van der Waals surface area contributed by atoms with Crippen LogP contribution in [0.25, 0.3) is 0 Å². The summed E-state index contributed by atoms with van der Waals surface area (Å²) >= 11 is 0. The third-order valence-corrected chi connectivity index (χ3v) is 4.97. The molecule has 0 heterocycles. The summed E-state index contributed by atoms with van der Waals surface area (Å²) < 4.78 is 0. The van der Waals surface area contributed by atoms with Gasteiger partial charge in [0.25, 0.3) is 0 Å². The summed E-state index contributed by atoms with van der Waals surface area (Å²) in [6, 6.07) is 11.9. The van der Waals surface area contributed by atoms with Crippen LogP contribution >= 0.6 is 0 Å². The molecule has 2 rings (SSSR count). The topological polar surface area (TPSA) is 118 Å². The molecule has 0 unspecified atom stereocenters. The third-order valence-electron chi connectivity index (χ3n) is 4.97. The number of likely N-dealkylation sites (N-methyl/N-ethyl adjacent to an activating group) is 2. The molecule has 0 radical (unpaired) electrons. The van der Waals surface area contributed by atoms with Crippen LogP contribution in [-0.4, -0.2) is 69.0 Å². The lowest BCUT2D eigenvalue weighted by atomic mass is 9.97. The van der Waals surface area contributed by atoms with Gasteiger partial charge in [0.2, 0.25) is 0 Å². The number of carboxylic acids is 2. The molecule has 3 N–H and O–H groups in total. The second kappa shape index (κ2) is 11.2. The highest BCUT2D eigenvalue weighted by Crippen LogP contribution is 2.28. The van der Waals surface area contributed by atoms with Crippen LogP contribution in [0.3, 0.4) is 0 Å². The fourth-order valence-corrected chi connectivity index (χ4v) is 3.31. The van der Waals surface area contributed by atoms with Gasteiger partial charge in [0, 0.05) is 35.3 Å². The van der Waals surface area contributed by atoms with Crippen molar-refractivity contribution in [3.05, 3.63) is 64.7 Å². The predicted molar refractivity (Wildman–Crippen MR) is 115 cm³/mol. The second-order valence-corrected chi connectivity index (χ2v) is 7.23. The molecular weight excluding hydrogens is 400 g/mol. The average molecular weight is 428 g/mol. The van der Waals surface area contributed by atoms with E-state index in [4.69, 9.17) is 10.2 Å². The number of phenols is 1. The van der Waals surface area contributed by atoms with Gasteiger partial charge >= 0.3 is 11.9 Å². The van der Waals surface area contributed by atoms with E-state index in [9.17, 15) is 19.5 Å². The number of benzene rings is 2. The van der Waals surface area contributed by atoms with Gasteiger partial charge in [-0.15, -0.1) is 0 Å². The van der Waals surface area contributed by atoms with Crippen molar-refractivity contribution >= 4 is 17.7 Å². The summed E-state index contributed by atoms with van der Waals surface area (Å²) in [7, 11) is 0. The van der Waals surface area contributed by atoms with E-state index in [0.717, 1.165) is 0 Å². The van der Waals surface area contributed by atoms with Crippen molar-refractivity contribution in [2.45, 2.75) is 26.9 Å². The van der Waals surface area contributed by atoms with Gasteiger partial charge in [-0.1, -0.05) is 44.2 Å². The van der Waals surface area contributed by atoms with Crippen LogP contribution in [0.2, 0.25) is 0 Å². The van der Waals surface area contributed by atoms with Gasteiger partial charge in [-0.25, -0.2) is 0 Å². The van der Waals surface area contributed by atoms with Crippen LogP contribution in [0.4, 0.5) is 0 Å². The van der Waals surface area contributed by atoms with Crippen molar-refractivity contribution in [3.63, 3.8) is 0 Å². The fourth-order valence-electron chi connectivity index (χ4n) is 3.31. The first-order chi connectivity index (χ1) is 14.7. The van der Waals surface area contributed by atoms with Crippen LogP contribution in [0, 0.1) is 0 Å². The minimum atomic E-state index is -0.989. The van der Waals surface area contributed by atoms with Crippen molar-refractivity contribution in [1.29, 1.82) is 0 Å². The van der Waals surface area contributed by atoms with Crippen LogP contribution in [0.15, 0.2) is 42.5 Å². The molecular formula is C23H28N2O6. The lowest BCUT2D eigenvalue weighted by molar-refractivity contribution is -0.139. The minimum absolute atomic E-state index is 0.0581. The van der Waals surface area contributed by atoms with Crippen molar-refractivity contribution < 1.29 is 29.7 Å². The quantitative estimate of drug-likeness (QED) is 0.441. The molecule has 31 heavy (non-hydrogen) atoms. The normalized spacial score (nSPS) is 11.1. The van der Waals surface area contributed by atoms with E-state index in [2.05, 4.69) is 0 Å². The lowest BCUT2D eigenvalue weighted by Gasteiger charge is -2.23. The van der Waals surface area contributed by atoms with Crippen molar-refractivity contribution in [1.82, 2.24) is 9.80 Å². The Labute approximate surface area is 181 Å². The molecule has 2 aromatic carbocycles. The molecule has 0 bridgehead atoms. The highest BCUT2D eigenvalue weighted by molar-refractivity contribution is 6.09. The number of carbonyl (C=O) groups is 3. The standard InChI is InChI=1S/C23H28N2O6/c1-3-24(14-20(26)27)12-18-10-17(22(30)16-8-6-5-7-9-16)11-19(23(18)31)13-25(4-2)15-21(28)29/h5-11,31H,3-4,12-15H2,1-2H3,(H,26,27)(H,28,29). The Morgan fingerprint density at radius 3 is 1.61 bits per heavy atom. The Morgan fingerprint density at radius 2 is 1.23 bits per heavy atom. The monoisotopic (exact) mass is 428 g/mol. The number of phenolic OH excluding ortho intramolecular Hbond substituents is 1. The van der Waals surface area contributed by atoms with Crippen LogP contribution < -0.4 is 0 Å². The molecule has 0 atom stereocenters. The maximum atomic E-state index is 13.0. The largest absolute Gasteiger partial charge is 0.507 e. The molecule has 0 saturated carbocycles. The Kier molecular flexibility index (Phi) is 8.72. The molecule has 8 heteroatoms. The van der Waals surface area contributed by atoms with E-state index in [-0.39, 0.29) is 37.7 Å². The van der Waals surface area contributed by atoms with Crippen LogP contribution in [-0.2, 0) is 22.7 Å². The summed E-state index contributed by atoms with van der Waals surface area (Å²) in [6.45, 7) is 4.38. The summed E-state index contributed by atoms with van der Waals surface area (Å²) in [5, 5.41) is 29.1. The zero-order valence-electron chi connectivity index (χ0n) is 17.7. The summed E-state index contributed by atoms with van der Waals surface area (Å²) in [5.41, 5.74) is 1.69. The number of ketones is 1. The van der Waals surface area contributed by atoms with E-state index in [0.29, 0.717) is 35.3 Å². The first kappa shape index (κ1) is 24.0.